The molecule has 0 aliphatic rings. The van der Waals surface area contributed by atoms with Crippen molar-refractivity contribution in [3.05, 3.63) is 46.7 Å². The van der Waals surface area contributed by atoms with E-state index in [9.17, 15) is 5.11 Å². The molecule has 1 aromatic heterocycles. The van der Waals surface area contributed by atoms with E-state index in [1.165, 1.54) is 26.0 Å². The van der Waals surface area contributed by atoms with Crippen LogP contribution in [-0.2, 0) is 0 Å². The summed E-state index contributed by atoms with van der Waals surface area (Å²) in [6.07, 6.45) is 1.58. The Kier molecular flexibility index (Phi) is 5.41. The zero-order valence-corrected chi connectivity index (χ0v) is 15.8. The summed E-state index contributed by atoms with van der Waals surface area (Å²) in [5.41, 5.74) is 1.39. The summed E-state index contributed by atoms with van der Waals surface area (Å²) >= 11 is 5.28. The summed E-state index contributed by atoms with van der Waals surface area (Å²) in [7, 11) is 4.62. The number of H-pyrrole nitrogens is 1. The van der Waals surface area contributed by atoms with Crippen molar-refractivity contribution in [2.45, 2.75) is 0 Å². The first-order valence-corrected chi connectivity index (χ1v) is 8.29. The zero-order valence-electron chi connectivity index (χ0n) is 15.0. The lowest BCUT2D eigenvalue weighted by atomic mass is 10.1. The van der Waals surface area contributed by atoms with Crippen LogP contribution in [0.3, 0.4) is 0 Å². The van der Waals surface area contributed by atoms with Crippen LogP contribution < -0.4 is 14.2 Å². The molecule has 0 radical (unpaired) electrons. The summed E-state index contributed by atoms with van der Waals surface area (Å²) in [6, 6.07) is 10.2. The molecule has 0 fully saturated rings. The minimum atomic E-state index is 0.152. The van der Waals surface area contributed by atoms with Gasteiger partial charge < -0.3 is 19.3 Å². The van der Waals surface area contributed by atoms with Crippen molar-refractivity contribution >= 4 is 18.4 Å². The van der Waals surface area contributed by atoms with E-state index in [2.05, 4.69) is 15.3 Å². The lowest BCUT2D eigenvalue weighted by Crippen LogP contribution is -1.99. The van der Waals surface area contributed by atoms with E-state index in [4.69, 9.17) is 26.4 Å². The van der Waals surface area contributed by atoms with E-state index in [0.717, 1.165) is 0 Å². The lowest BCUT2D eigenvalue weighted by molar-refractivity contribution is 0.324. The number of aromatic amines is 1. The number of rotatable bonds is 6. The van der Waals surface area contributed by atoms with Crippen LogP contribution in [0.5, 0.6) is 23.0 Å². The molecule has 0 saturated carbocycles. The van der Waals surface area contributed by atoms with Gasteiger partial charge in [0.05, 0.1) is 27.5 Å². The highest BCUT2D eigenvalue weighted by Gasteiger charge is 2.17. The molecule has 2 aromatic carbocycles. The average molecular weight is 386 g/mol. The number of nitrogens with zero attached hydrogens (tertiary/aromatic N) is 3. The third-order valence-electron chi connectivity index (χ3n) is 3.77. The maximum absolute atomic E-state index is 9.57. The Hall–Kier alpha value is -3.33. The Balaban J connectivity index is 2.08. The van der Waals surface area contributed by atoms with Crippen LogP contribution in [0.15, 0.2) is 41.5 Å². The minimum Gasteiger partial charge on any atom is -0.508 e. The monoisotopic (exact) mass is 386 g/mol. The summed E-state index contributed by atoms with van der Waals surface area (Å²) in [5, 5.41) is 20.9. The van der Waals surface area contributed by atoms with E-state index in [0.29, 0.717) is 39.0 Å². The number of aromatic hydroxyl groups is 1. The van der Waals surface area contributed by atoms with Crippen LogP contribution in [0.2, 0.25) is 0 Å². The lowest BCUT2D eigenvalue weighted by Gasteiger charge is -2.13. The topological polar surface area (TPSA) is 93.9 Å². The van der Waals surface area contributed by atoms with Gasteiger partial charge in [-0.15, -0.1) is 0 Å². The van der Waals surface area contributed by atoms with Crippen LogP contribution in [0.25, 0.3) is 11.4 Å². The van der Waals surface area contributed by atoms with Gasteiger partial charge in [-0.2, -0.15) is 14.9 Å². The fraction of sp³-hybridized carbons (Fsp3) is 0.167. The van der Waals surface area contributed by atoms with Crippen LogP contribution in [0.4, 0.5) is 0 Å². The first kappa shape index (κ1) is 18.5. The molecule has 0 aliphatic heterocycles. The summed E-state index contributed by atoms with van der Waals surface area (Å²) in [5.74, 6) is 2.08. The average Bonchev–Trinajstić information content (AvgIpc) is 3.05. The molecule has 0 aliphatic carbocycles. The van der Waals surface area contributed by atoms with Gasteiger partial charge in [0.2, 0.25) is 10.5 Å². The van der Waals surface area contributed by atoms with Crippen molar-refractivity contribution in [1.82, 2.24) is 14.9 Å². The van der Waals surface area contributed by atoms with Crippen LogP contribution in [0.1, 0.15) is 5.56 Å². The number of phenolic OH excluding ortho intramolecular Hbond substituents is 1. The van der Waals surface area contributed by atoms with Gasteiger partial charge in [0.1, 0.15) is 5.75 Å². The second-order valence-corrected chi connectivity index (χ2v) is 5.80. The van der Waals surface area contributed by atoms with Crippen molar-refractivity contribution < 1.29 is 19.3 Å². The predicted octanol–water partition coefficient (Wildman–Crippen LogP) is 3.22. The number of benzene rings is 2. The molecular formula is C18H18N4O4S. The largest absolute Gasteiger partial charge is 0.508 e. The number of aromatic nitrogens is 3. The normalized spacial score (nSPS) is 10.9. The number of nitrogens with one attached hydrogen (secondary N) is 1. The van der Waals surface area contributed by atoms with Crippen molar-refractivity contribution in [3.8, 4) is 34.4 Å². The smallest absolute Gasteiger partial charge is 0.216 e. The van der Waals surface area contributed by atoms with E-state index >= 15 is 0 Å². The van der Waals surface area contributed by atoms with E-state index in [1.807, 2.05) is 6.07 Å². The van der Waals surface area contributed by atoms with Crippen LogP contribution in [-0.4, -0.2) is 47.5 Å². The number of hydrogen-bond donors (Lipinski definition) is 2. The minimum absolute atomic E-state index is 0.152. The van der Waals surface area contributed by atoms with Gasteiger partial charge in [-0.25, -0.2) is 5.10 Å². The van der Waals surface area contributed by atoms with Gasteiger partial charge >= 0.3 is 0 Å². The molecule has 0 unspecified atom stereocenters. The highest BCUT2D eigenvalue weighted by atomic mass is 32.1. The fourth-order valence-corrected chi connectivity index (χ4v) is 2.70. The molecule has 8 nitrogen and oxygen atoms in total. The van der Waals surface area contributed by atoms with Gasteiger partial charge in [0.15, 0.2) is 17.3 Å². The first-order chi connectivity index (χ1) is 13.1. The Morgan fingerprint density at radius 2 is 1.81 bits per heavy atom. The molecule has 3 aromatic rings. The molecule has 0 bridgehead atoms. The third-order valence-corrected chi connectivity index (χ3v) is 4.03. The molecule has 0 amide bonds. The van der Waals surface area contributed by atoms with Gasteiger partial charge in [0.25, 0.3) is 0 Å². The Bertz CT molecular complexity index is 1020. The van der Waals surface area contributed by atoms with Crippen molar-refractivity contribution in [2.75, 3.05) is 21.3 Å². The first-order valence-electron chi connectivity index (χ1n) is 7.88. The molecule has 2 N–H and O–H groups in total. The highest BCUT2D eigenvalue weighted by Crippen LogP contribution is 2.40. The van der Waals surface area contributed by atoms with E-state index in [-0.39, 0.29) is 5.75 Å². The number of methoxy groups -OCH3 is 3. The molecule has 3 rings (SSSR count). The molecule has 27 heavy (non-hydrogen) atoms. The summed E-state index contributed by atoms with van der Waals surface area (Å²) < 4.78 is 17.9. The van der Waals surface area contributed by atoms with Crippen molar-refractivity contribution in [3.63, 3.8) is 0 Å². The number of phenols is 1. The highest BCUT2D eigenvalue weighted by molar-refractivity contribution is 7.71. The molecule has 0 spiro atoms. The maximum atomic E-state index is 9.57. The van der Waals surface area contributed by atoms with Gasteiger partial charge in [-0.05, 0) is 42.0 Å². The molecule has 0 saturated heterocycles. The number of hydrogen-bond acceptors (Lipinski definition) is 7. The Labute approximate surface area is 160 Å². The second kappa shape index (κ2) is 7.92. The standard InChI is InChI=1S/C18H18N4O4S/c1-24-14-8-12(9-15(25-2)16(14)26-3)17-20-21-18(27)22(17)19-10-11-5-4-6-13(23)7-11/h4-10,23H,1-3H3,(H,21,27). The SMILES string of the molecule is COc1cc(-c2n[nH]c(=S)n2N=Cc2cccc(O)c2)cc(OC)c1OC. The predicted molar refractivity (Wildman–Crippen MR) is 104 cm³/mol. The van der Waals surface area contributed by atoms with Crippen LogP contribution >= 0.6 is 12.2 Å². The maximum Gasteiger partial charge on any atom is 0.216 e. The van der Waals surface area contributed by atoms with Crippen LogP contribution in [0, 0.1) is 4.77 Å². The Morgan fingerprint density at radius 3 is 2.41 bits per heavy atom. The molecule has 1 heterocycles. The molecular weight excluding hydrogens is 368 g/mol. The van der Waals surface area contributed by atoms with Crippen molar-refractivity contribution in [2.24, 2.45) is 5.10 Å². The van der Waals surface area contributed by atoms with E-state index in [1.54, 1.807) is 36.5 Å². The fourth-order valence-electron chi connectivity index (χ4n) is 2.53. The molecule has 0 atom stereocenters. The summed E-state index contributed by atoms with van der Waals surface area (Å²) in [6.45, 7) is 0. The van der Waals surface area contributed by atoms with Gasteiger partial charge in [-0.3, -0.25) is 0 Å². The Morgan fingerprint density at radius 1 is 1.11 bits per heavy atom. The molecule has 140 valence electrons. The number of ether oxygens (including phenoxy) is 3. The van der Waals surface area contributed by atoms with E-state index < -0.39 is 0 Å². The zero-order chi connectivity index (χ0) is 19.4. The van der Waals surface area contributed by atoms with Crippen molar-refractivity contribution in [1.29, 1.82) is 0 Å². The molecule has 9 heteroatoms. The third kappa shape index (κ3) is 3.77. The second-order valence-electron chi connectivity index (χ2n) is 5.42. The summed E-state index contributed by atoms with van der Waals surface area (Å²) in [4.78, 5) is 0. The van der Waals surface area contributed by atoms with Gasteiger partial charge in [-0.1, -0.05) is 12.1 Å². The van der Waals surface area contributed by atoms with Gasteiger partial charge in [0, 0.05) is 5.56 Å². The quantitative estimate of drug-likeness (QED) is 0.499.